The number of ketones is 1. The molecule has 0 saturated heterocycles. The number of aromatic nitrogens is 3. The van der Waals surface area contributed by atoms with Crippen LogP contribution in [0.4, 0.5) is 5.69 Å². The number of hydrogen-bond acceptors (Lipinski definition) is 5. The van der Waals surface area contributed by atoms with Crippen LogP contribution in [0.5, 0.6) is 0 Å². The van der Waals surface area contributed by atoms with Crippen LogP contribution >= 0.6 is 0 Å². The molecule has 2 aromatic heterocycles. The van der Waals surface area contributed by atoms with Gasteiger partial charge in [0.15, 0.2) is 11.4 Å². The van der Waals surface area contributed by atoms with Crippen LogP contribution in [-0.2, 0) is 0 Å². The number of fused-ring (bicyclic) bond motifs is 1. The molecule has 3 aromatic rings. The minimum absolute atomic E-state index is 0.0378. The zero-order valence-electron chi connectivity index (χ0n) is 16.5. The van der Waals surface area contributed by atoms with E-state index in [1.165, 1.54) is 0 Å². The summed E-state index contributed by atoms with van der Waals surface area (Å²) in [4.78, 5) is 25.0. The summed E-state index contributed by atoms with van der Waals surface area (Å²) in [5, 5.41) is 13.5. The van der Waals surface area contributed by atoms with Gasteiger partial charge in [0.2, 0.25) is 0 Å². The molecule has 1 aliphatic rings. The molecule has 0 bridgehead atoms. The van der Waals surface area contributed by atoms with Crippen LogP contribution in [0.15, 0.2) is 36.7 Å². The summed E-state index contributed by atoms with van der Waals surface area (Å²) < 4.78 is 0. The predicted octanol–water partition coefficient (Wildman–Crippen LogP) is 4.18. The largest absolute Gasteiger partial charge is 0.391 e. The first-order chi connectivity index (χ1) is 13.3. The number of aliphatic hydroxyl groups excluding tert-OH is 1. The molecule has 1 aliphatic carbocycles. The Labute approximate surface area is 164 Å². The maximum absolute atomic E-state index is 12.7. The summed E-state index contributed by atoms with van der Waals surface area (Å²) in [6.07, 6.45) is 5.97. The van der Waals surface area contributed by atoms with Crippen LogP contribution in [0.2, 0.25) is 0 Å². The molecule has 3 N–H and O–H groups in total. The molecule has 0 aliphatic heterocycles. The van der Waals surface area contributed by atoms with E-state index in [0.717, 1.165) is 30.5 Å². The van der Waals surface area contributed by atoms with Crippen LogP contribution in [-0.4, -0.2) is 38.0 Å². The first-order valence-electron chi connectivity index (χ1n) is 9.77. The van der Waals surface area contributed by atoms with E-state index in [9.17, 15) is 9.90 Å². The Hall–Kier alpha value is -2.73. The molecule has 4 rings (SSSR count). The van der Waals surface area contributed by atoms with Gasteiger partial charge in [-0.1, -0.05) is 32.9 Å². The second kappa shape index (κ2) is 7.02. The van der Waals surface area contributed by atoms with Crippen molar-refractivity contribution >= 4 is 22.6 Å². The number of H-pyrrole nitrogens is 1. The fraction of sp³-hybridized carbons (Fsp3) is 0.409. The summed E-state index contributed by atoms with van der Waals surface area (Å²) in [6, 6.07) is 8.03. The van der Waals surface area contributed by atoms with Crippen LogP contribution in [0, 0.1) is 5.41 Å². The third-order valence-corrected chi connectivity index (χ3v) is 5.30. The number of aromatic amines is 1. The average Bonchev–Trinajstić information content (AvgIpc) is 3.26. The highest BCUT2D eigenvalue weighted by atomic mass is 16.3. The van der Waals surface area contributed by atoms with Crippen molar-refractivity contribution in [1.82, 2.24) is 15.0 Å². The van der Waals surface area contributed by atoms with E-state index in [0.29, 0.717) is 22.4 Å². The zero-order chi connectivity index (χ0) is 19.9. The molecule has 28 heavy (non-hydrogen) atoms. The summed E-state index contributed by atoms with van der Waals surface area (Å²) in [6.45, 7) is 5.70. The van der Waals surface area contributed by atoms with Crippen molar-refractivity contribution < 1.29 is 9.90 Å². The summed E-state index contributed by atoms with van der Waals surface area (Å²) >= 11 is 0. The van der Waals surface area contributed by atoms with Crippen LogP contribution in [0.3, 0.4) is 0 Å². The molecule has 6 heteroatoms. The third-order valence-electron chi connectivity index (χ3n) is 5.30. The molecule has 1 fully saturated rings. The molecule has 2 atom stereocenters. The highest BCUT2D eigenvalue weighted by Crippen LogP contribution is 2.29. The van der Waals surface area contributed by atoms with Crippen molar-refractivity contribution in [3.63, 3.8) is 0 Å². The Bertz CT molecular complexity index is 1020. The minimum Gasteiger partial charge on any atom is -0.391 e. The van der Waals surface area contributed by atoms with Crippen molar-refractivity contribution in [2.24, 2.45) is 5.41 Å². The van der Waals surface area contributed by atoms with Crippen LogP contribution in [0.1, 0.15) is 50.4 Å². The van der Waals surface area contributed by atoms with Gasteiger partial charge in [-0.25, -0.2) is 9.97 Å². The van der Waals surface area contributed by atoms with E-state index >= 15 is 0 Å². The van der Waals surface area contributed by atoms with E-state index in [1.54, 1.807) is 12.4 Å². The van der Waals surface area contributed by atoms with Gasteiger partial charge in [-0.3, -0.25) is 4.79 Å². The van der Waals surface area contributed by atoms with Crippen molar-refractivity contribution in [1.29, 1.82) is 0 Å². The number of nitrogens with one attached hydrogen (secondary N) is 2. The quantitative estimate of drug-likeness (QED) is 0.593. The van der Waals surface area contributed by atoms with Gasteiger partial charge in [-0.15, -0.1) is 0 Å². The lowest BCUT2D eigenvalue weighted by molar-refractivity contribution is 0.0860. The second-order valence-electron chi connectivity index (χ2n) is 8.56. The number of hydrogen-bond donors (Lipinski definition) is 3. The molecule has 1 unspecified atom stereocenters. The molecule has 2 heterocycles. The average molecular weight is 378 g/mol. The van der Waals surface area contributed by atoms with Gasteiger partial charge in [-0.05, 0) is 31.4 Å². The smallest absolute Gasteiger partial charge is 0.171 e. The number of Topliss-reactive ketones (excluding diaryl/α,β-unsaturated/α-hetero) is 1. The Morgan fingerprint density at radius 2 is 2.11 bits per heavy atom. The van der Waals surface area contributed by atoms with E-state index in [-0.39, 0.29) is 17.9 Å². The Morgan fingerprint density at radius 1 is 1.29 bits per heavy atom. The van der Waals surface area contributed by atoms with Gasteiger partial charge in [-0.2, -0.15) is 0 Å². The van der Waals surface area contributed by atoms with E-state index < -0.39 is 5.41 Å². The van der Waals surface area contributed by atoms with Crippen LogP contribution in [0.25, 0.3) is 22.4 Å². The van der Waals surface area contributed by atoms with E-state index in [2.05, 4.69) is 15.3 Å². The Kier molecular flexibility index (Phi) is 4.67. The van der Waals surface area contributed by atoms with Gasteiger partial charge in [0.1, 0.15) is 5.52 Å². The number of carbonyl (C=O) groups excluding carboxylic acids is 1. The lowest BCUT2D eigenvalue weighted by atomic mass is 9.87. The maximum atomic E-state index is 12.7. The Morgan fingerprint density at radius 3 is 2.82 bits per heavy atom. The standard InChI is InChI=1S/C22H26N4O2/c1-22(2,3)20(28)15-11-23-21-19(15)26-17(12-24-21)13-6-4-7-14(10-13)25-16-8-5-9-18(16)27/h4,6-7,10-12,16,18,25,27H,5,8-9H2,1-3H3,(H,23,24)/t16?,18-/m0/s1. The fourth-order valence-corrected chi connectivity index (χ4v) is 3.70. The summed E-state index contributed by atoms with van der Waals surface area (Å²) in [5.41, 5.74) is 3.87. The number of aliphatic hydroxyl groups is 1. The van der Waals surface area contributed by atoms with Gasteiger partial charge in [0, 0.05) is 22.9 Å². The van der Waals surface area contributed by atoms with Gasteiger partial charge < -0.3 is 15.4 Å². The third kappa shape index (κ3) is 3.52. The second-order valence-corrected chi connectivity index (χ2v) is 8.56. The van der Waals surface area contributed by atoms with Crippen LogP contribution < -0.4 is 5.32 Å². The number of carbonyl (C=O) groups is 1. The maximum Gasteiger partial charge on any atom is 0.171 e. The van der Waals surface area contributed by atoms with Gasteiger partial charge >= 0.3 is 0 Å². The Balaban J connectivity index is 1.67. The monoisotopic (exact) mass is 378 g/mol. The first kappa shape index (κ1) is 18.6. The molecule has 0 spiro atoms. The molecular weight excluding hydrogens is 352 g/mol. The topological polar surface area (TPSA) is 90.9 Å². The molecule has 6 nitrogen and oxygen atoms in total. The SMILES string of the molecule is CC(C)(C)C(=O)c1c[nH]c2ncc(-c3cccc(NC4CCC[C@@H]4O)c3)nc12. The molecule has 0 radical (unpaired) electrons. The number of benzene rings is 1. The van der Waals surface area contributed by atoms with E-state index in [1.807, 2.05) is 45.0 Å². The first-order valence-corrected chi connectivity index (χ1v) is 9.77. The number of nitrogens with zero attached hydrogens (tertiary/aromatic N) is 2. The molecule has 146 valence electrons. The van der Waals surface area contributed by atoms with Crippen molar-refractivity contribution in [3.8, 4) is 11.3 Å². The molecule has 1 saturated carbocycles. The minimum atomic E-state index is -0.487. The fourth-order valence-electron chi connectivity index (χ4n) is 3.70. The summed E-state index contributed by atoms with van der Waals surface area (Å²) in [5.74, 6) is 0.0378. The summed E-state index contributed by atoms with van der Waals surface area (Å²) in [7, 11) is 0. The van der Waals surface area contributed by atoms with Crippen molar-refractivity contribution in [3.05, 3.63) is 42.2 Å². The van der Waals surface area contributed by atoms with Crippen molar-refractivity contribution in [2.75, 3.05) is 5.32 Å². The molecule has 1 aromatic carbocycles. The van der Waals surface area contributed by atoms with Gasteiger partial charge in [0.05, 0.1) is 29.6 Å². The zero-order valence-corrected chi connectivity index (χ0v) is 16.5. The molecule has 0 amide bonds. The molecular formula is C22H26N4O2. The highest BCUT2D eigenvalue weighted by Gasteiger charge is 2.27. The highest BCUT2D eigenvalue weighted by molar-refractivity contribution is 6.08. The van der Waals surface area contributed by atoms with Gasteiger partial charge in [0.25, 0.3) is 0 Å². The van der Waals surface area contributed by atoms with Crippen molar-refractivity contribution in [2.45, 2.75) is 52.2 Å². The predicted molar refractivity (Wildman–Crippen MR) is 110 cm³/mol. The number of anilines is 1. The lowest BCUT2D eigenvalue weighted by Crippen LogP contribution is -2.27. The lowest BCUT2D eigenvalue weighted by Gasteiger charge is -2.18. The number of rotatable bonds is 4. The van der Waals surface area contributed by atoms with E-state index in [4.69, 9.17) is 4.98 Å². The normalized spacial score (nSPS) is 19.9.